The van der Waals surface area contributed by atoms with Gasteiger partial charge in [0.1, 0.15) is 5.60 Å². The summed E-state index contributed by atoms with van der Waals surface area (Å²) >= 11 is 0. The molecule has 0 heterocycles. The fourth-order valence-electron chi connectivity index (χ4n) is 4.64. The largest absolute Gasteiger partial charge is 0.481 e. The minimum atomic E-state index is -1.92. The van der Waals surface area contributed by atoms with E-state index in [0.29, 0.717) is 19.3 Å². The quantitative estimate of drug-likeness (QED) is 0.150. The lowest BCUT2D eigenvalue weighted by Gasteiger charge is -2.31. The molecule has 0 aliphatic heterocycles. The van der Waals surface area contributed by atoms with E-state index >= 15 is 0 Å². The number of carboxylic acid groups (broad SMARTS) is 1. The molecule has 1 aliphatic rings. The highest BCUT2D eigenvalue weighted by atomic mass is 28.4. The van der Waals surface area contributed by atoms with E-state index in [0.717, 1.165) is 38.5 Å². The van der Waals surface area contributed by atoms with E-state index in [1.807, 2.05) is 6.08 Å². The third-order valence-corrected chi connectivity index (χ3v) is 7.21. The maximum atomic E-state index is 12.1. The van der Waals surface area contributed by atoms with Crippen molar-refractivity contribution in [1.82, 2.24) is 0 Å². The van der Waals surface area contributed by atoms with Crippen LogP contribution in [0.1, 0.15) is 71.6 Å². The average Bonchev–Trinajstić information content (AvgIpc) is 2.96. The summed E-state index contributed by atoms with van der Waals surface area (Å²) in [4.78, 5) is 12.1. The molecule has 6 atom stereocenters. The number of rotatable bonds is 14. The predicted octanol–water partition coefficient (Wildman–Crippen LogP) is 4.99. The van der Waals surface area contributed by atoms with Gasteiger partial charge in [-0.15, -0.1) is 6.42 Å². The van der Waals surface area contributed by atoms with Crippen molar-refractivity contribution in [2.75, 3.05) is 0 Å². The van der Waals surface area contributed by atoms with Crippen molar-refractivity contribution in [2.45, 2.75) is 109 Å². The van der Waals surface area contributed by atoms with Crippen LogP contribution in [0.25, 0.3) is 0 Å². The number of unbranched alkanes of at least 4 members (excludes halogenated alkanes) is 4. The van der Waals surface area contributed by atoms with E-state index in [4.69, 9.17) is 10.8 Å². The molecule has 1 saturated carbocycles. The Labute approximate surface area is 190 Å². The molecule has 5 nitrogen and oxygen atoms in total. The van der Waals surface area contributed by atoms with Gasteiger partial charge in [0, 0.05) is 11.8 Å². The van der Waals surface area contributed by atoms with Gasteiger partial charge in [0.05, 0.1) is 18.1 Å². The van der Waals surface area contributed by atoms with Crippen LogP contribution in [-0.2, 0) is 9.22 Å². The van der Waals surface area contributed by atoms with Gasteiger partial charge < -0.3 is 19.7 Å². The second kappa shape index (κ2) is 12.8. The zero-order valence-electron chi connectivity index (χ0n) is 20.1. The van der Waals surface area contributed by atoms with Gasteiger partial charge in [-0.05, 0) is 51.4 Å². The van der Waals surface area contributed by atoms with Crippen LogP contribution in [0.15, 0.2) is 12.2 Å². The first-order chi connectivity index (χ1) is 14.5. The Morgan fingerprint density at radius 1 is 1.23 bits per heavy atom. The molecule has 1 fully saturated rings. The first kappa shape index (κ1) is 27.9. The van der Waals surface area contributed by atoms with Gasteiger partial charge in [-0.3, -0.25) is 4.79 Å². The zero-order valence-corrected chi connectivity index (χ0v) is 21.1. The highest BCUT2D eigenvalue weighted by molar-refractivity contribution is 6.69. The molecule has 0 radical (unpaired) electrons. The third kappa shape index (κ3) is 9.09. The summed E-state index contributed by atoms with van der Waals surface area (Å²) in [5, 5.41) is 31.7. The Hall–Kier alpha value is -1.13. The van der Waals surface area contributed by atoms with Crippen molar-refractivity contribution in [3.8, 4) is 12.3 Å². The monoisotopic (exact) mass is 452 g/mol. The van der Waals surface area contributed by atoms with E-state index in [1.165, 1.54) is 0 Å². The van der Waals surface area contributed by atoms with E-state index in [-0.39, 0.29) is 12.0 Å². The summed E-state index contributed by atoms with van der Waals surface area (Å²) in [6.45, 7) is 10.4. The summed E-state index contributed by atoms with van der Waals surface area (Å²) < 4.78 is 6.37. The van der Waals surface area contributed by atoms with Crippen LogP contribution in [0.2, 0.25) is 19.6 Å². The van der Waals surface area contributed by atoms with Crippen LogP contribution >= 0.6 is 0 Å². The number of hydrogen-bond donors (Lipinski definition) is 3. The zero-order chi connectivity index (χ0) is 23.7. The number of aliphatic carboxylic acids is 1. The fourth-order valence-corrected chi connectivity index (χ4v) is 5.80. The van der Waals surface area contributed by atoms with E-state index in [1.54, 1.807) is 6.08 Å². The first-order valence-corrected chi connectivity index (χ1v) is 15.4. The number of hydrogen-bond acceptors (Lipinski definition) is 4. The van der Waals surface area contributed by atoms with Crippen molar-refractivity contribution in [3.05, 3.63) is 12.2 Å². The van der Waals surface area contributed by atoms with Gasteiger partial charge in [0.25, 0.3) is 0 Å². The Morgan fingerprint density at radius 3 is 2.35 bits per heavy atom. The lowest BCUT2D eigenvalue weighted by Crippen LogP contribution is -2.37. The maximum absolute atomic E-state index is 12.1. The molecule has 0 bridgehead atoms. The van der Waals surface area contributed by atoms with Crippen molar-refractivity contribution >= 4 is 14.3 Å². The lowest BCUT2D eigenvalue weighted by atomic mass is 9.78. The Kier molecular flexibility index (Phi) is 11.5. The fraction of sp³-hybridized carbons (Fsp3) is 0.800. The highest BCUT2D eigenvalue weighted by Crippen LogP contribution is 2.43. The summed E-state index contributed by atoms with van der Waals surface area (Å²) in [6.07, 6.45) is 15.1. The summed E-state index contributed by atoms with van der Waals surface area (Å²) in [5.41, 5.74) is -1.36. The molecule has 0 saturated heterocycles. The van der Waals surface area contributed by atoms with Crippen molar-refractivity contribution in [3.63, 3.8) is 0 Å². The molecule has 0 aromatic rings. The van der Waals surface area contributed by atoms with Crippen LogP contribution in [0.5, 0.6) is 0 Å². The third-order valence-electron chi connectivity index (χ3n) is 6.20. The number of aliphatic hydroxyl groups is 2. The molecule has 0 aromatic heterocycles. The van der Waals surface area contributed by atoms with Gasteiger partial charge in [0.15, 0.2) is 8.32 Å². The second-order valence-electron chi connectivity index (χ2n) is 10.1. The minimum Gasteiger partial charge on any atom is -0.481 e. The second-order valence-corrected chi connectivity index (χ2v) is 14.5. The molecule has 178 valence electrons. The number of carbonyl (C=O) groups is 1. The van der Waals surface area contributed by atoms with Crippen LogP contribution < -0.4 is 0 Å². The van der Waals surface area contributed by atoms with Crippen molar-refractivity contribution in [2.24, 2.45) is 17.8 Å². The van der Waals surface area contributed by atoms with E-state index < -0.39 is 37.8 Å². The first-order valence-electron chi connectivity index (χ1n) is 12.0. The Morgan fingerprint density at radius 2 is 1.84 bits per heavy atom. The number of aliphatic hydroxyl groups excluding tert-OH is 1. The maximum Gasteiger partial charge on any atom is 0.306 e. The molecule has 0 spiro atoms. The van der Waals surface area contributed by atoms with Gasteiger partial charge in [-0.25, -0.2) is 0 Å². The van der Waals surface area contributed by atoms with Gasteiger partial charge in [-0.1, -0.05) is 57.9 Å². The lowest BCUT2D eigenvalue weighted by molar-refractivity contribution is -0.146. The molecule has 1 rings (SSSR count). The summed E-state index contributed by atoms with van der Waals surface area (Å²) in [6, 6.07) is 0. The summed E-state index contributed by atoms with van der Waals surface area (Å²) in [7, 11) is -1.92. The molecule has 1 aliphatic carbocycles. The molecule has 0 aromatic carbocycles. The minimum absolute atomic E-state index is 0.270. The standard InChI is InChI=1S/C25H44O5Si/c1-7-10-12-14-20(24(27)28)23-19(22(18-21(23)26)30-31(4,5)6)15-17-25(29,9-3)16-13-11-8-2/h3,15,17,19-23,26,29H,7-8,10-14,16,18H2,1-2,4-6H3,(H,27,28)/t19-,20?,21-,22+,23-,25+/m1/s1. The Bertz CT molecular complexity index is 620. The van der Waals surface area contributed by atoms with E-state index in [2.05, 4.69) is 39.4 Å². The van der Waals surface area contributed by atoms with Gasteiger partial charge in [0.2, 0.25) is 0 Å². The van der Waals surface area contributed by atoms with Crippen LogP contribution in [0.4, 0.5) is 0 Å². The SMILES string of the molecule is C#C[C@@](O)(C=C[C@H]1[C@H](C(CCCCC)C(=O)O)[C@H](O)C[C@@H]1O[Si](C)(C)C)CCCCC. The molecule has 6 heteroatoms. The van der Waals surface area contributed by atoms with Crippen LogP contribution in [0.3, 0.4) is 0 Å². The molecule has 0 amide bonds. The van der Waals surface area contributed by atoms with Gasteiger partial charge >= 0.3 is 5.97 Å². The van der Waals surface area contributed by atoms with Crippen LogP contribution in [0, 0.1) is 30.1 Å². The normalized spacial score (nSPS) is 27.2. The molecular formula is C25H44O5Si. The predicted molar refractivity (Wildman–Crippen MR) is 128 cm³/mol. The molecule has 1 unspecified atom stereocenters. The number of terminal acetylenes is 1. The topological polar surface area (TPSA) is 87.0 Å². The van der Waals surface area contributed by atoms with Crippen molar-refractivity contribution < 1.29 is 24.5 Å². The molecule has 3 N–H and O–H groups in total. The van der Waals surface area contributed by atoms with Gasteiger partial charge in [-0.2, -0.15) is 0 Å². The highest BCUT2D eigenvalue weighted by Gasteiger charge is 2.48. The number of carboxylic acids is 1. The average molecular weight is 453 g/mol. The van der Waals surface area contributed by atoms with Crippen molar-refractivity contribution in [1.29, 1.82) is 0 Å². The molecule has 31 heavy (non-hydrogen) atoms. The van der Waals surface area contributed by atoms with E-state index in [9.17, 15) is 20.1 Å². The molecular weight excluding hydrogens is 408 g/mol. The Balaban J connectivity index is 3.21. The smallest absolute Gasteiger partial charge is 0.306 e. The summed E-state index contributed by atoms with van der Waals surface area (Å²) in [5.74, 6) is 0.232. The van der Waals surface area contributed by atoms with Crippen LogP contribution in [-0.4, -0.2) is 47.4 Å².